The minimum Gasteiger partial charge on any atom is -0.466 e. The molecule has 0 aliphatic rings. The third-order valence-electron chi connectivity index (χ3n) is 2.42. The van der Waals surface area contributed by atoms with Crippen LogP contribution in [0.4, 0.5) is 8.78 Å². The van der Waals surface area contributed by atoms with E-state index in [0.29, 0.717) is 12.2 Å². The molecule has 0 unspecified atom stereocenters. The lowest BCUT2D eigenvalue weighted by atomic mass is 10.1. The number of rotatable bonds is 8. The number of alkyl halides is 2. The van der Waals surface area contributed by atoms with Crippen LogP contribution in [0.15, 0.2) is 24.3 Å². The van der Waals surface area contributed by atoms with Crippen LogP contribution in [-0.4, -0.2) is 25.0 Å². The molecule has 0 N–H and O–H groups in total. The van der Waals surface area contributed by atoms with Gasteiger partial charge in [0.15, 0.2) is 5.78 Å². The summed E-state index contributed by atoms with van der Waals surface area (Å²) in [6.45, 7) is -0.682. The molecule has 1 aromatic rings. The summed E-state index contributed by atoms with van der Waals surface area (Å²) in [5, 5.41) is 0. The maximum atomic E-state index is 12.0. The van der Waals surface area contributed by atoms with Gasteiger partial charge in [-0.25, -0.2) is 0 Å². The number of carbonyl (C=O) groups is 2. The summed E-state index contributed by atoms with van der Waals surface area (Å²) < 4.78 is 32.9. The van der Waals surface area contributed by atoms with Crippen LogP contribution in [-0.2, 0) is 9.53 Å². The molecule has 0 aliphatic heterocycles. The first-order valence-electron chi connectivity index (χ1n) is 6.26. The van der Waals surface area contributed by atoms with Gasteiger partial charge in [0.05, 0.1) is 13.0 Å². The molecule has 4 nitrogen and oxygen atoms in total. The van der Waals surface area contributed by atoms with Crippen molar-refractivity contribution in [3.05, 3.63) is 29.8 Å². The fraction of sp³-hybridized carbons (Fsp3) is 0.429. The highest BCUT2D eigenvalue weighted by Gasteiger charge is 2.11. The van der Waals surface area contributed by atoms with Crippen LogP contribution in [0.1, 0.15) is 36.5 Å². The Bertz CT molecular complexity index is 443. The lowest BCUT2D eigenvalue weighted by molar-refractivity contribution is -0.143. The highest BCUT2D eigenvalue weighted by atomic mass is 19.3. The van der Waals surface area contributed by atoms with Crippen LogP contribution < -0.4 is 4.74 Å². The predicted molar refractivity (Wildman–Crippen MR) is 67.9 cm³/mol. The summed E-state index contributed by atoms with van der Waals surface area (Å²) in [7, 11) is 0. The standard InChI is InChI=1S/C14H16F2O4/c1-2-9-19-13(18)8-7-12(17)10-3-5-11(6-4-10)20-14(15)16/h3-6,14H,2,7-9H2,1H3. The molecular formula is C14H16F2O4. The van der Waals surface area contributed by atoms with Crippen molar-refractivity contribution in [1.82, 2.24) is 0 Å². The molecule has 0 spiro atoms. The Balaban J connectivity index is 2.45. The van der Waals surface area contributed by atoms with Crippen molar-refractivity contribution < 1.29 is 27.8 Å². The van der Waals surface area contributed by atoms with Crippen molar-refractivity contribution in [1.29, 1.82) is 0 Å². The summed E-state index contributed by atoms with van der Waals surface area (Å²) in [6, 6.07) is 5.35. The highest BCUT2D eigenvalue weighted by molar-refractivity contribution is 5.97. The van der Waals surface area contributed by atoms with Crippen LogP contribution in [0.2, 0.25) is 0 Å². The Hall–Kier alpha value is -1.98. The molecule has 0 atom stereocenters. The van der Waals surface area contributed by atoms with Gasteiger partial charge >= 0.3 is 12.6 Å². The number of ketones is 1. The first kappa shape index (κ1) is 16.1. The predicted octanol–water partition coefficient (Wildman–Crippen LogP) is 3.20. The quantitative estimate of drug-likeness (QED) is 0.544. The summed E-state index contributed by atoms with van der Waals surface area (Å²) >= 11 is 0. The van der Waals surface area contributed by atoms with Crippen LogP contribution in [0.3, 0.4) is 0 Å². The smallest absolute Gasteiger partial charge is 0.387 e. The summed E-state index contributed by atoms with van der Waals surface area (Å²) in [4.78, 5) is 23.0. The van der Waals surface area contributed by atoms with Crippen molar-refractivity contribution in [2.24, 2.45) is 0 Å². The Morgan fingerprint density at radius 3 is 2.35 bits per heavy atom. The molecule has 110 valence electrons. The van der Waals surface area contributed by atoms with Crippen molar-refractivity contribution in [2.75, 3.05) is 6.61 Å². The topological polar surface area (TPSA) is 52.6 Å². The van der Waals surface area contributed by atoms with Gasteiger partial charge in [-0.3, -0.25) is 9.59 Å². The molecule has 0 heterocycles. The molecule has 0 aromatic heterocycles. The number of carbonyl (C=O) groups excluding carboxylic acids is 2. The zero-order chi connectivity index (χ0) is 15.0. The van der Waals surface area contributed by atoms with Gasteiger partial charge in [-0.1, -0.05) is 6.92 Å². The van der Waals surface area contributed by atoms with Gasteiger partial charge in [-0.05, 0) is 30.7 Å². The number of esters is 1. The zero-order valence-electron chi connectivity index (χ0n) is 11.1. The van der Waals surface area contributed by atoms with Gasteiger partial charge in [0, 0.05) is 12.0 Å². The third kappa shape index (κ3) is 5.77. The zero-order valence-corrected chi connectivity index (χ0v) is 11.1. The minimum atomic E-state index is -2.90. The normalized spacial score (nSPS) is 10.4. The molecule has 1 aromatic carbocycles. The number of hydrogen-bond acceptors (Lipinski definition) is 4. The van der Waals surface area contributed by atoms with E-state index < -0.39 is 12.6 Å². The lowest BCUT2D eigenvalue weighted by Crippen LogP contribution is -2.09. The largest absolute Gasteiger partial charge is 0.466 e. The first-order chi connectivity index (χ1) is 9.52. The number of benzene rings is 1. The fourth-order valence-electron chi connectivity index (χ4n) is 1.47. The number of hydrogen-bond donors (Lipinski definition) is 0. The second-order valence-corrected chi connectivity index (χ2v) is 4.05. The average Bonchev–Trinajstić information content (AvgIpc) is 2.42. The number of ether oxygens (including phenoxy) is 2. The van der Waals surface area contributed by atoms with Crippen molar-refractivity contribution in [3.63, 3.8) is 0 Å². The highest BCUT2D eigenvalue weighted by Crippen LogP contribution is 2.16. The first-order valence-corrected chi connectivity index (χ1v) is 6.26. The van der Waals surface area contributed by atoms with E-state index in [1.54, 1.807) is 0 Å². The van der Waals surface area contributed by atoms with Gasteiger partial charge in [-0.15, -0.1) is 0 Å². The van der Waals surface area contributed by atoms with Crippen molar-refractivity contribution in [2.45, 2.75) is 32.8 Å². The second kappa shape index (κ2) is 8.24. The second-order valence-electron chi connectivity index (χ2n) is 4.05. The van der Waals surface area contributed by atoms with Crippen molar-refractivity contribution in [3.8, 4) is 5.75 Å². The van der Waals surface area contributed by atoms with Crippen molar-refractivity contribution >= 4 is 11.8 Å². The van der Waals surface area contributed by atoms with Gasteiger partial charge in [-0.2, -0.15) is 8.78 Å². The fourth-order valence-corrected chi connectivity index (χ4v) is 1.47. The SMILES string of the molecule is CCCOC(=O)CCC(=O)c1ccc(OC(F)F)cc1. The van der Waals surface area contributed by atoms with Crippen LogP contribution in [0.25, 0.3) is 0 Å². The van der Waals surface area contributed by atoms with E-state index >= 15 is 0 Å². The van der Waals surface area contributed by atoms with Crippen LogP contribution in [0.5, 0.6) is 5.75 Å². The molecule has 20 heavy (non-hydrogen) atoms. The Kier molecular flexibility index (Phi) is 6.63. The number of halogens is 2. The average molecular weight is 286 g/mol. The third-order valence-corrected chi connectivity index (χ3v) is 2.42. The van der Waals surface area contributed by atoms with E-state index in [1.807, 2.05) is 6.92 Å². The van der Waals surface area contributed by atoms with E-state index in [4.69, 9.17) is 4.74 Å². The van der Waals surface area contributed by atoms with E-state index in [2.05, 4.69) is 4.74 Å². The number of Topliss-reactive ketones (excluding diaryl/α,β-unsaturated/α-hetero) is 1. The molecule has 0 saturated carbocycles. The van der Waals surface area contributed by atoms with Crippen LogP contribution >= 0.6 is 0 Å². The van der Waals surface area contributed by atoms with Gasteiger partial charge < -0.3 is 9.47 Å². The van der Waals surface area contributed by atoms with E-state index in [-0.39, 0.29) is 24.4 Å². The Morgan fingerprint density at radius 1 is 1.15 bits per heavy atom. The van der Waals surface area contributed by atoms with E-state index in [0.717, 1.165) is 6.42 Å². The molecule has 0 radical (unpaired) electrons. The molecule has 0 bridgehead atoms. The molecule has 1 rings (SSSR count). The summed E-state index contributed by atoms with van der Waals surface area (Å²) in [5.74, 6) is -0.682. The lowest BCUT2D eigenvalue weighted by Gasteiger charge is -2.05. The van der Waals surface area contributed by atoms with Gasteiger partial charge in [0.1, 0.15) is 5.75 Å². The monoisotopic (exact) mass is 286 g/mol. The molecule has 0 fully saturated rings. The molecule has 0 aliphatic carbocycles. The maximum absolute atomic E-state index is 12.0. The van der Waals surface area contributed by atoms with Gasteiger partial charge in [0.25, 0.3) is 0 Å². The Labute approximate surface area is 115 Å². The summed E-state index contributed by atoms with van der Waals surface area (Å²) in [5.41, 5.74) is 0.343. The Morgan fingerprint density at radius 2 is 1.80 bits per heavy atom. The summed E-state index contributed by atoms with van der Waals surface area (Å²) in [6.07, 6.45) is 0.761. The molecule has 0 amide bonds. The molecular weight excluding hydrogens is 270 g/mol. The molecule has 0 saturated heterocycles. The van der Waals surface area contributed by atoms with Crippen LogP contribution in [0, 0.1) is 0 Å². The van der Waals surface area contributed by atoms with E-state index in [9.17, 15) is 18.4 Å². The maximum Gasteiger partial charge on any atom is 0.387 e. The van der Waals surface area contributed by atoms with Gasteiger partial charge in [0.2, 0.25) is 0 Å². The van der Waals surface area contributed by atoms with E-state index in [1.165, 1.54) is 24.3 Å². The molecule has 6 heteroatoms. The minimum absolute atomic E-state index is 0.00805.